The minimum Gasteiger partial charge on any atom is -0.422 e. The summed E-state index contributed by atoms with van der Waals surface area (Å²) in [6.07, 6.45) is 12.3. The van der Waals surface area contributed by atoms with Crippen molar-refractivity contribution in [2.75, 3.05) is 0 Å². The molecule has 4 rings (SSSR count). The number of carbonyl (C=O) groups is 2. The van der Waals surface area contributed by atoms with Gasteiger partial charge >= 0.3 is 11.9 Å². The van der Waals surface area contributed by atoms with E-state index < -0.39 is 11.2 Å². The third-order valence-corrected chi connectivity index (χ3v) is 9.33. The molecule has 0 aromatic rings. The first-order valence-corrected chi connectivity index (χ1v) is 11.8. The van der Waals surface area contributed by atoms with Gasteiger partial charge in [-0.05, 0) is 81.0 Å². The summed E-state index contributed by atoms with van der Waals surface area (Å²) in [5.74, 6) is 0.603. The van der Waals surface area contributed by atoms with E-state index in [9.17, 15) is 9.59 Å². The van der Waals surface area contributed by atoms with Gasteiger partial charge in [-0.3, -0.25) is 9.59 Å². The number of hydrogen-bond acceptors (Lipinski definition) is 4. The van der Waals surface area contributed by atoms with E-state index in [2.05, 4.69) is 26.8 Å². The van der Waals surface area contributed by atoms with Crippen molar-refractivity contribution < 1.29 is 19.1 Å². The van der Waals surface area contributed by atoms with E-state index in [1.807, 2.05) is 0 Å². The van der Waals surface area contributed by atoms with Crippen LogP contribution in [0.2, 0.25) is 0 Å². The maximum Gasteiger partial charge on any atom is 0.305 e. The average molecular weight is 403 g/mol. The van der Waals surface area contributed by atoms with Crippen LogP contribution in [0.3, 0.4) is 0 Å². The molecule has 3 saturated carbocycles. The van der Waals surface area contributed by atoms with Crippen molar-refractivity contribution in [2.24, 2.45) is 34.5 Å². The van der Waals surface area contributed by atoms with Gasteiger partial charge in [-0.1, -0.05) is 31.9 Å². The predicted molar refractivity (Wildman–Crippen MR) is 112 cm³/mol. The van der Waals surface area contributed by atoms with Crippen LogP contribution in [0.15, 0.2) is 11.6 Å². The standard InChI is InChI=1S/C25H38O4/c1-6-18-11-14-23(4)15-12-21-20(22(18)23)10-9-19-8-7-13-25(24(19,21)5,28-16(2)26)29-17(3)27/h9,18,20-22H,6-8,10-15H2,1-5H3/t18-,20+,21-,22-,23-,24-/m0/s1. The fraction of sp³-hybridized carbons (Fsp3) is 0.840. The molecule has 29 heavy (non-hydrogen) atoms. The second-order valence-electron chi connectivity index (χ2n) is 10.7. The summed E-state index contributed by atoms with van der Waals surface area (Å²) < 4.78 is 12.0. The molecule has 4 aliphatic rings. The van der Waals surface area contributed by atoms with E-state index in [1.54, 1.807) is 0 Å². The molecular weight excluding hydrogens is 364 g/mol. The van der Waals surface area contributed by atoms with Gasteiger partial charge in [0, 0.05) is 20.3 Å². The van der Waals surface area contributed by atoms with Crippen LogP contribution in [-0.2, 0) is 19.1 Å². The Balaban J connectivity index is 1.81. The quantitative estimate of drug-likeness (QED) is 0.340. The molecule has 0 unspecified atom stereocenters. The molecule has 0 amide bonds. The average Bonchev–Trinajstić information content (AvgIpc) is 2.98. The van der Waals surface area contributed by atoms with Crippen molar-refractivity contribution in [2.45, 2.75) is 98.2 Å². The van der Waals surface area contributed by atoms with Crippen LogP contribution in [0.1, 0.15) is 92.4 Å². The summed E-state index contributed by atoms with van der Waals surface area (Å²) in [4.78, 5) is 24.3. The number of carbonyl (C=O) groups excluding carboxylic acids is 2. The molecular formula is C25H38O4. The molecule has 0 N–H and O–H groups in total. The van der Waals surface area contributed by atoms with Crippen LogP contribution < -0.4 is 0 Å². The highest BCUT2D eigenvalue weighted by atomic mass is 16.7. The van der Waals surface area contributed by atoms with Crippen molar-refractivity contribution in [3.63, 3.8) is 0 Å². The second-order valence-corrected chi connectivity index (χ2v) is 10.7. The highest BCUT2D eigenvalue weighted by Gasteiger charge is 2.67. The molecule has 0 aliphatic heterocycles. The summed E-state index contributed by atoms with van der Waals surface area (Å²) in [7, 11) is 0. The van der Waals surface area contributed by atoms with Crippen LogP contribution in [0, 0.1) is 34.5 Å². The van der Waals surface area contributed by atoms with Gasteiger partial charge in [0.1, 0.15) is 0 Å². The summed E-state index contributed by atoms with van der Waals surface area (Å²) in [6, 6.07) is 0. The Bertz CT molecular complexity index is 708. The zero-order valence-corrected chi connectivity index (χ0v) is 18.9. The van der Waals surface area contributed by atoms with Crippen LogP contribution in [0.4, 0.5) is 0 Å². The summed E-state index contributed by atoms with van der Waals surface area (Å²) in [5.41, 5.74) is 1.36. The molecule has 6 atom stereocenters. The SMILES string of the molecule is CC[C@H]1CC[C@@]2(C)CC[C@H]3[C@@H](CC=C4CCCC(OC(C)=O)(OC(C)=O)[C@@]43C)[C@H]12. The van der Waals surface area contributed by atoms with E-state index in [0.717, 1.165) is 37.5 Å². The third-order valence-electron chi connectivity index (χ3n) is 9.33. The summed E-state index contributed by atoms with van der Waals surface area (Å²) >= 11 is 0. The lowest BCUT2D eigenvalue weighted by Gasteiger charge is -2.61. The number of rotatable bonds is 3. The molecule has 0 bridgehead atoms. The third kappa shape index (κ3) is 2.99. The Morgan fingerprint density at radius 3 is 2.34 bits per heavy atom. The first kappa shape index (κ1) is 20.9. The zero-order valence-electron chi connectivity index (χ0n) is 18.9. The first-order valence-electron chi connectivity index (χ1n) is 11.8. The van der Waals surface area contributed by atoms with E-state index in [1.165, 1.54) is 45.1 Å². The molecule has 0 saturated heterocycles. The normalized spacial score (nSPS) is 42.7. The fourth-order valence-corrected chi connectivity index (χ4v) is 8.21. The molecule has 162 valence electrons. The van der Waals surface area contributed by atoms with E-state index in [-0.39, 0.29) is 11.9 Å². The molecule has 0 radical (unpaired) electrons. The Morgan fingerprint density at radius 1 is 1.07 bits per heavy atom. The van der Waals surface area contributed by atoms with Crippen molar-refractivity contribution in [1.82, 2.24) is 0 Å². The molecule has 4 nitrogen and oxygen atoms in total. The number of esters is 2. The maximum absolute atomic E-state index is 12.2. The molecule has 4 aliphatic carbocycles. The van der Waals surface area contributed by atoms with Gasteiger partial charge < -0.3 is 9.47 Å². The molecule has 0 heterocycles. The van der Waals surface area contributed by atoms with Crippen LogP contribution in [0.5, 0.6) is 0 Å². The highest BCUT2D eigenvalue weighted by Crippen LogP contribution is 2.68. The molecule has 0 aromatic carbocycles. The lowest BCUT2D eigenvalue weighted by molar-refractivity contribution is -0.289. The van der Waals surface area contributed by atoms with Gasteiger partial charge in [0.15, 0.2) is 0 Å². The number of hydrogen-bond donors (Lipinski definition) is 0. The van der Waals surface area contributed by atoms with E-state index in [4.69, 9.17) is 9.47 Å². The Kier molecular flexibility index (Phi) is 5.15. The Hall–Kier alpha value is -1.32. The van der Waals surface area contributed by atoms with Crippen molar-refractivity contribution in [1.29, 1.82) is 0 Å². The zero-order chi connectivity index (χ0) is 21.0. The van der Waals surface area contributed by atoms with Gasteiger partial charge in [0.05, 0.1) is 5.41 Å². The first-order chi connectivity index (χ1) is 13.7. The number of fused-ring (bicyclic) bond motifs is 5. The monoisotopic (exact) mass is 402 g/mol. The Morgan fingerprint density at radius 2 is 1.72 bits per heavy atom. The molecule has 0 spiro atoms. The molecule has 3 fully saturated rings. The smallest absolute Gasteiger partial charge is 0.305 e. The van der Waals surface area contributed by atoms with Gasteiger partial charge in [0.25, 0.3) is 5.79 Å². The van der Waals surface area contributed by atoms with E-state index in [0.29, 0.717) is 23.7 Å². The fourth-order valence-electron chi connectivity index (χ4n) is 8.21. The number of allylic oxidation sites excluding steroid dienone is 1. The summed E-state index contributed by atoms with van der Waals surface area (Å²) in [5, 5.41) is 0. The van der Waals surface area contributed by atoms with Gasteiger partial charge in [-0.15, -0.1) is 0 Å². The summed E-state index contributed by atoms with van der Waals surface area (Å²) in [6.45, 7) is 9.97. The lowest BCUT2D eigenvalue weighted by Crippen LogP contribution is -2.63. The second kappa shape index (κ2) is 7.13. The van der Waals surface area contributed by atoms with Gasteiger partial charge in [-0.25, -0.2) is 0 Å². The van der Waals surface area contributed by atoms with Crippen LogP contribution in [0.25, 0.3) is 0 Å². The minimum absolute atomic E-state index is 0.358. The van der Waals surface area contributed by atoms with Crippen molar-refractivity contribution in [3.8, 4) is 0 Å². The molecule has 4 heteroatoms. The van der Waals surface area contributed by atoms with Crippen LogP contribution >= 0.6 is 0 Å². The molecule has 0 aromatic heterocycles. The van der Waals surface area contributed by atoms with Crippen molar-refractivity contribution in [3.05, 3.63) is 11.6 Å². The topological polar surface area (TPSA) is 52.6 Å². The highest BCUT2D eigenvalue weighted by molar-refractivity contribution is 5.69. The number of ether oxygens (including phenoxy) is 2. The van der Waals surface area contributed by atoms with Crippen molar-refractivity contribution >= 4 is 11.9 Å². The lowest BCUT2D eigenvalue weighted by atomic mass is 9.46. The minimum atomic E-state index is -1.16. The van der Waals surface area contributed by atoms with Gasteiger partial charge in [-0.2, -0.15) is 0 Å². The largest absolute Gasteiger partial charge is 0.422 e. The van der Waals surface area contributed by atoms with E-state index >= 15 is 0 Å². The maximum atomic E-state index is 12.2. The van der Waals surface area contributed by atoms with Gasteiger partial charge in [0.2, 0.25) is 0 Å². The van der Waals surface area contributed by atoms with Crippen LogP contribution in [-0.4, -0.2) is 17.7 Å². The Labute approximate surface area is 175 Å². The predicted octanol–water partition coefficient (Wildman–Crippen LogP) is 5.80.